The fourth-order valence-electron chi connectivity index (χ4n) is 2.32. The van der Waals surface area contributed by atoms with Crippen molar-refractivity contribution in [1.82, 2.24) is 4.98 Å². The topological polar surface area (TPSA) is 45.2 Å². The summed E-state index contributed by atoms with van der Waals surface area (Å²) in [4.78, 5) is 18.6. The fraction of sp³-hybridized carbons (Fsp3) is 0.286. The zero-order chi connectivity index (χ0) is 14.1. The number of hydrogen-bond acceptors (Lipinski definition) is 4. The van der Waals surface area contributed by atoms with E-state index in [1.165, 1.54) is 11.3 Å². The van der Waals surface area contributed by atoms with Gasteiger partial charge in [-0.25, -0.2) is 4.98 Å². The predicted octanol–water partition coefficient (Wildman–Crippen LogP) is 3.43. The second-order valence-electron chi connectivity index (χ2n) is 4.55. The number of amides is 1. The molecule has 6 heteroatoms. The predicted molar refractivity (Wildman–Crippen MR) is 83.1 cm³/mol. The van der Waals surface area contributed by atoms with Gasteiger partial charge in [-0.3, -0.25) is 4.79 Å². The van der Waals surface area contributed by atoms with Crippen molar-refractivity contribution >= 4 is 39.7 Å². The van der Waals surface area contributed by atoms with Gasteiger partial charge in [-0.05, 0) is 37.1 Å². The van der Waals surface area contributed by atoms with Gasteiger partial charge in [0.05, 0.1) is 0 Å². The van der Waals surface area contributed by atoms with E-state index in [1.807, 2.05) is 25.1 Å². The number of anilines is 2. The maximum atomic E-state index is 12.5. The van der Waals surface area contributed by atoms with E-state index in [1.54, 1.807) is 10.3 Å². The quantitative estimate of drug-likeness (QED) is 0.945. The molecule has 0 saturated carbocycles. The van der Waals surface area contributed by atoms with E-state index in [0.29, 0.717) is 17.3 Å². The van der Waals surface area contributed by atoms with Gasteiger partial charge in [-0.1, -0.05) is 11.6 Å². The molecule has 0 saturated heterocycles. The molecular formula is C14H14ClN3OS. The number of carbonyl (C=O) groups is 1. The molecule has 4 nitrogen and oxygen atoms in total. The molecule has 0 radical (unpaired) electrons. The zero-order valence-electron chi connectivity index (χ0n) is 11.0. The van der Waals surface area contributed by atoms with Gasteiger partial charge in [-0.15, -0.1) is 11.3 Å². The van der Waals surface area contributed by atoms with Gasteiger partial charge in [0.25, 0.3) is 5.91 Å². The molecule has 2 heterocycles. The van der Waals surface area contributed by atoms with Crippen molar-refractivity contribution in [3.63, 3.8) is 0 Å². The molecule has 0 fully saturated rings. The molecule has 0 bridgehead atoms. The van der Waals surface area contributed by atoms with Crippen molar-refractivity contribution in [3.05, 3.63) is 39.9 Å². The Morgan fingerprint density at radius 3 is 3.20 bits per heavy atom. The van der Waals surface area contributed by atoms with Crippen LogP contribution < -0.4 is 10.2 Å². The summed E-state index contributed by atoms with van der Waals surface area (Å²) < 4.78 is 0. The molecule has 1 aliphatic rings. The summed E-state index contributed by atoms with van der Waals surface area (Å²) in [5, 5.41) is 6.41. The van der Waals surface area contributed by atoms with Crippen molar-refractivity contribution in [2.45, 2.75) is 13.3 Å². The van der Waals surface area contributed by atoms with E-state index in [9.17, 15) is 4.79 Å². The number of nitrogens with one attached hydrogen (secondary N) is 1. The van der Waals surface area contributed by atoms with Crippen LogP contribution in [0.4, 0.5) is 10.8 Å². The first-order valence-electron chi connectivity index (χ1n) is 6.48. The molecular weight excluding hydrogens is 294 g/mol. The highest BCUT2D eigenvalue weighted by molar-refractivity contribution is 7.13. The van der Waals surface area contributed by atoms with E-state index in [-0.39, 0.29) is 5.91 Å². The third-order valence-electron chi connectivity index (χ3n) is 3.23. The number of benzene rings is 1. The Hall–Kier alpha value is -1.59. The van der Waals surface area contributed by atoms with Crippen LogP contribution in [0.1, 0.15) is 23.0 Å². The molecule has 0 unspecified atom stereocenters. The number of fused-ring (bicyclic) bond motifs is 1. The Kier molecular flexibility index (Phi) is 3.63. The third-order valence-corrected chi connectivity index (χ3v) is 4.27. The van der Waals surface area contributed by atoms with Gasteiger partial charge in [0.2, 0.25) is 0 Å². The van der Waals surface area contributed by atoms with Gasteiger partial charge in [0.15, 0.2) is 5.13 Å². The molecule has 1 aliphatic heterocycles. The lowest BCUT2D eigenvalue weighted by atomic mass is 10.2. The summed E-state index contributed by atoms with van der Waals surface area (Å²) in [7, 11) is 0. The second-order valence-corrected chi connectivity index (χ2v) is 5.84. The van der Waals surface area contributed by atoms with Gasteiger partial charge < -0.3 is 10.2 Å². The lowest BCUT2D eigenvalue weighted by Crippen LogP contribution is -2.29. The Morgan fingerprint density at radius 2 is 2.40 bits per heavy atom. The van der Waals surface area contributed by atoms with Crippen LogP contribution in [0.2, 0.25) is 5.02 Å². The molecule has 3 rings (SSSR count). The minimum Gasteiger partial charge on any atom is -0.362 e. The van der Waals surface area contributed by atoms with Crippen LogP contribution >= 0.6 is 22.9 Å². The molecule has 0 aliphatic carbocycles. The number of thiazole rings is 1. The number of aromatic nitrogens is 1. The molecule has 1 N–H and O–H groups in total. The van der Waals surface area contributed by atoms with Crippen molar-refractivity contribution in [1.29, 1.82) is 0 Å². The SMILES string of the molecule is CCNc1nc(C(=O)N2CCc3cc(Cl)ccc32)cs1. The Balaban J connectivity index is 1.85. The molecule has 1 aromatic heterocycles. The highest BCUT2D eigenvalue weighted by Crippen LogP contribution is 2.31. The molecule has 0 atom stereocenters. The largest absolute Gasteiger partial charge is 0.362 e. The lowest BCUT2D eigenvalue weighted by molar-refractivity contribution is 0.0985. The standard InChI is InChI=1S/C14H14ClN3OS/c1-2-16-14-17-11(8-20-14)13(19)18-6-5-9-7-10(15)3-4-12(9)18/h3-4,7-8H,2,5-6H2,1H3,(H,16,17). The fourth-order valence-corrected chi connectivity index (χ4v) is 3.27. The van der Waals surface area contributed by atoms with Crippen LogP contribution in [-0.2, 0) is 6.42 Å². The molecule has 1 amide bonds. The molecule has 2 aromatic rings. The summed E-state index contributed by atoms with van der Waals surface area (Å²) in [5.41, 5.74) is 2.55. The Labute approximate surface area is 126 Å². The first-order valence-corrected chi connectivity index (χ1v) is 7.74. The highest BCUT2D eigenvalue weighted by Gasteiger charge is 2.27. The van der Waals surface area contributed by atoms with Crippen LogP contribution in [0.5, 0.6) is 0 Å². The van der Waals surface area contributed by atoms with Gasteiger partial charge in [-0.2, -0.15) is 0 Å². The average Bonchev–Trinajstić information content (AvgIpc) is 3.04. The molecule has 1 aromatic carbocycles. The molecule has 0 spiro atoms. The van der Waals surface area contributed by atoms with Crippen molar-refractivity contribution in [2.75, 3.05) is 23.3 Å². The Morgan fingerprint density at radius 1 is 1.55 bits per heavy atom. The summed E-state index contributed by atoms with van der Waals surface area (Å²) in [6.07, 6.45) is 0.839. The van der Waals surface area contributed by atoms with Gasteiger partial charge >= 0.3 is 0 Å². The first-order chi connectivity index (χ1) is 9.69. The Bertz CT molecular complexity index is 656. The number of rotatable bonds is 3. The van der Waals surface area contributed by atoms with E-state index < -0.39 is 0 Å². The van der Waals surface area contributed by atoms with E-state index in [2.05, 4.69) is 10.3 Å². The number of nitrogens with zero attached hydrogens (tertiary/aromatic N) is 2. The van der Waals surface area contributed by atoms with Crippen LogP contribution in [0.3, 0.4) is 0 Å². The molecule has 20 heavy (non-hydrogen) atoms. The van der Waals surface area contributed by atoms with Crippen LogP contribution in [0.15, 0.2) is 23.6 Å². The summed E-state index contributed by atoms with van der Waals surface area (Å²) in [6.45, 7) is 3.48. The van der Waals surface area contributed by atoms with Crippen LogP contribution in [0.25, 0.3) is 0 Å². The normalized spacial score (nSPS) is 13.4. The maximum Gasteiger partial charge on any atom is 0.277 e. The van der Waals surface area contributed by atoms with Crippen molar-refractivity contribution in [2.24, 2.45) is 0 Å². The first kappa shape index (κ1) is 13.4. The van der Waals surface area contributed by atoms with E-state index in [0.717, 1.165) is 29.3 Å². The monoisotopic (exact) mass is 307 g/mol. The molecule has 104 valence electrons. The minimum atomic E-state index is -0.0496. The average molecular weight is 308 g/mol. The van der Waals surface area contributed by atoms with Crippen molar-refractivity contribution < 1.29 is 4.79 Å². The zero-order valence-corrected chi connectivity index (χ0v) is 12.6. The van der Waals surface area contributed by atoms with Crippen molar-refractivity contribution in [3.8, 4) is 0 Å². The number of halogens is 1. The second kappa shape index (κ2) is 5.42. The van der Waals surface area contributed by atoms with Gasteiger partial charge in [0.1, 0.15) is 5.69 Å². The van der Waals surface area contributed by atoms with Crippen LogP contribution in [-0.4, -0.2) is 24.0 Å². The number of hydrogen-bond donors (Lipinski definition) is 1. The summed E-state index contributed by atoms with van der Waals surface area (Å²) in [5.74, 6) is -0.0496. The summed E-state index contributed by atoms with van der Waals surface area (Å²) in [6, 6.07) is 5.65. The van der Waals surface area contributed by atoms with E-state index in [4.69, 9.17) is 11.6 Å². The number of carbonyl (C=O) groups excluding carboxylic acids is 1. The van der Waals surface area contributed by atoms with E-state index >= 15 is 0 Å². The third kappa shape index (κ3) is 2.39. The van der Waals surface area contributed by atoms with Gasteiger partial charge in [0, 0.05) is 29.2 Å². The van der Waals surface area contributed by atoms with Crippen LogP contribution in [0, 0.1) is 0 Å². The summed E-state index contributed by atoms with van der Waals surface area (Å²) >= 11 is 7.44. The lowest BCUT2D eigenvalue weighted by Gasteiger charge is -2.15. The maximum absolute atomic E-state index is 12.5. The smallest absolute Gasteiger partial charge is 0.277 e. The highest BCUT2D eigenvalue weighted by atomic mass is 35.5. The minimum absolute atomic E-state index is 0.0496.